The van der Waals surface area contributed by atoms with Crippen LogP contribution in [0.5, 0.6) is 5.75 Å². The molecule has 50 heavy (non-hydrogen) atoms. The molecule has 0 aromatic heterocycles. The second kappa shape index (κ2) is 16.2. The summed E-state index contributed by atoms with van der Waals surface area (Å²) in [6.45, 7) is 11.8. The third kappa shape index (κ3) is 7.95. The van der Waals surface area contributed by atoms with Gasteiger partial charge < -0.3 is 19.1 Å². The van der Waals surface area contributed by atoms with Crippen LogP contribution in [0.4, 0.5) is 5.69 Å². The number of nitrogens with one attached hydrogen (secondary N) is 1. The molecule has 4 aliphatic rings. The van der Waals surface area contributed by atoms with Crippen LogP contribution in [0.25, 0.3) is 0 Å². The van der Waals surface area contributed by atoms with Gasteiger partial charge in [0.2, 0.25) is 0 Å². The molecule has 10 heteroatoms. The molecule has 1 amide bonds. The molecule has 6 rings (SSSR count). The first-order chi connectivity index (χ1) is 24.2. The van der Waals surface area contributed by atoms with Gasteiger partial charge in [-0.3, -0.25) is 14.4 Å². The number of morpholine rings is 1. The highest BCUT2D eigenvalue weighted by Gasteiger charge is 2.48. The summed E-state index contributed by atoms with van der Waals surface area (Å²) in [7, 11) is 0.316. The molecule has 2 fully saturated rings. The Morgan fingerprint density at radius 1 is 1.22 bits per heavy atom. The van der Waals surface area contributed by atoms with Crippen molar-refractivity contribution in [3.05, 3.63) is 70.3 Å². The quantitative estimate of drug-likeness (QED) is 0.227. The van der Waals surface area contributed by atoms with Crippen LogP contribution in [-0.4, -0.2) is 85.5 Å². The molecule has 0 bridgehead atoms. The Hall–Kier alpha value is -2.87. The predicted molar refractivity (Wildman–Crippen MR) is 201 cm³/mol. The van der Waals surface area contributed by atoms with Crippen LogP contribution in [0.1, 0.15) is 74.4 Å². The summed E-state index contributed by atoms with van der Waals surface area (Å²) in [5.74, 6) is 8.02. The summed E-state index contributed by atoms with van der Waals surface area (Å²) in [6, 6.07) is 11.9. The van der Waals surface area contributed by atoms with Crippen molar-refractivity contribution < 1.29 is 23.2 Å². The van der Waals surface area contributed by atoms with Crippen LogP contribution >= 0.6 is 11.6 Å². The van der Waals surface area contributed by atoms with Crippen LogP contribution in [0, 0.1) is 23.7 Å². The number of fused-ring (bicyclic) bond motifs is 3. The molecule has 1 N–H and O–H groups in total. The van der Waals surface area contributed by atoms with Gasteiger partial charge in [0.15, 0.2) is 0 Å². The molecular weight excluding hydrogens is 670 g/mol. The summed E-state index contributed by atoms with van der Waals surface area (Å²) in [6.07, 6.45) is 10.4. The van der Waals surface area contributed by atoms with E-state index < -0.39 is 16.6 Å². The van der Waals surface area contributed by atoms with Crippen molar-refractivity contribution in [3.63, 3.8) is 0 Å². The highest BCUT2D eigenvalue weighted by atomic mass is 35.5. The van der Waals surface area contributed by atoms with Crippen molar-refractivity contribution in [2.45, 2.75) is 75.6 Å². The zero-order valence-corrected chi connectivity index (χ0v) is 31.5. The van der Waals surface area contributed by atoms with E-state index in [-0.39, 0.29) is 22.5 Å². The van der Waals surface area contributed by atoms with E-state index in [2.05, 4.69) is 57.6 Å². The maximum Gasteiger partial charge on any atom is 0.263 e. The van der Waals surface area contributed by atoms with Gasteiger partial charge in [-0.25, -0.2) is 4.21 Å². The molecular formula is C40H52ClN3O5S. The van der Waals surface area contributed by atoms with E-state index in [1.54, 1.807) is 13.2 Å². The van der Waals surface area contributed by atoms with Crippen LogP contribution in [0.3, 0.4) is 0 Å². The van der Waals surface area contributed by atoms with Gasteiger partial charge in [0.25, 0.3) is 5.91 Å². The molecule has 2 aliphatic carbocycles. The molecule has 1 saturated carbocycles. The number of rotatable bonds is 10. The van der Waals surface area contributed by atoms with Gasteiger partial charge >= 0.3 is 0 Å². The van der Waals surface area contributed by atoms with Crippen molar-refractivity contribution in [3.8, 4) is 17.6 Å². The predicted octanol–water partition coefficient (Wildman–Crippen LogP) is 6.33. The van der Waals surface area contributed by atoms with Gasteiger partial charge in [-0.1, -0.05) is 42.5 Å². The fourth-order valence-corrected chi connectivity index (χ4v) is 8.76. The fraction of sp³-hybridized carbons (Fsp3) is 0.575. The Bertz CT molecular complexity index is 1650. The zero-order chi connectivity index (χ0) is 35.3. The highest BCUT2D eigenvalue weighted by Crippen LogP contribution is 2.48. The minimum absolute atomic E-state index is 0.185. The molecule has 2 aromatic carbocycles. The molecule has 2 aliphatic heterocycles. The lowest BCUT2D eigenvalue weighted by atomic mass is 9.64. The Labute approximate surface area is 305 Å². The summed E-state index contributed by atoms with van der Waals surface area (Å²) < 4.78 is 33.9. The fourth-order valence-electron chi connectivity index (χ4n) is 8.03. The van der Waals surface area contributed by atoms with Crippen molar-refractivity contribution in [1.29, 1.82) is 0 Å². The second-order valence-corrected chi connectivity index (χ2v) is 16.7. The molecule has 1 spiro atoms. The van der Waals surface area contributed by atoms with Gasteiger partial charge in [-0.2, -0.15) is 0 Å². The van der Waals surface area contributed by atoms with Gasteiger partial charge in [0, 0.05) is 60.5 Å². The lowest BCUT2D eigenvalue weighted by molar-refractivity contribution is -0.0351. The maximum atomic E-state index is 13.3. The number of ether oxygens (including phenoxy) is 3. The number of carbonyl (C=O) groups excluding carboxylic acids is 1. The average molecular weight is 722 g/mol. The maximum absolute atomic E-state index is 13.3. The molecule has 2 heterocycles. The molecule has 0 radical (unpaired) electrons. The second-order valence-electron chi connectivity index (χ2n) is 14.5. The first-order valence-electron chi connectivity index (χ1n) is 18.2. The summed E-state index contributed by atoms with van der Waals surface area (Å²) in [5, 5.41) is 0.572. The summed E-state index contributed by atoms with van der Waals surface area (Å²) in [4.78, 5) is 18.1. The Kier molecular flexibility index (Phi) is 12.0. The van der Waals surface area contributed by atoms with Crippen LogP contribution < -0.4 is 14.4 Å². The number of benzene rings is 2. The first-order valence-corrected chi connectivity index (χ1v) is 19.8. The van der Waals surface area contributed by atoms with Gasteiger partial charge in [-0.05, 0) is 106 Å². The normalized spacial score (nSPS) is 25.4. The number of halogens is 1. The van der Waals surface area contributed by atoms with Gasteiger partial charge in [0.05, 0.1) is 32.1 Å². The minimum Gasteiger partial charge on any atom is -0.490 e. The van der Waals surface area contributed by atoms with E-state index in [1.807, 2.05) is 32.0 Å². The number of amides is 1. The number of nitrogens with zero attached hydrogens (tertiary/aromatic N) is 2. The third-order valence-corrected chi connectivity index (χ3v) is 12.5. The lowest BCUT2D eigenvalue weighted by Gasteiger charge is -2.48. The van der Waals surface area contributed by atoms with Crippen LogP contribution in [0.2, 0.25) is 5.02 Å². The minimum atomic E-state index is -1.47. The van der Waals surface area contributed by atoms with E-state index >= 15 is 0 Å². The monoisotopic (exact) mass is 721 g/mol. The number of hydrogen-bond acceptors (Lipinski definition) is 7. The number of hydrogen-bond donors (Lipinski definition) is 1. The number of anilines is 1. The summed E-state index contributed by atoms with van der Waals surface area (Å²) in [5.41, 5.74) is 3.01. The third-order valence-electron chi connectivity index (χ3n) is 11.0. The molecule has 3 unspecified atom stereocenters. The summed E-state index contributed by atoms with van der Waals surface area (Å²) >= 11 is 6.49. The molecule has 270 valence electrons. The van der Waals surface area contributed by atoms with Crippen LogP contribution in [0.15, 0.2) is 48.6 Å². The van der Waals surface area contributed by atoms with Crippen molar-refractivity contribution in [1.82, 2.24) is 9.62 Å². The van der Waals surface area contributed by atoms with E-state index in [0.717, 1.165) is 94.4 Å². The van der Waals surface area contributed by atoms with Crippen molar-refractivity contribution in [2.24, 2.45) is 11.8 Å². The molecule has 1 saturated heterocycles. The van der Waals surface area contributed by atoms with Crippen molar-refractivity contribution >= 4 is 34.2 Å². The number of methoxy groups -OCH3 is 1. The topological polar surface area (TPSA) is 80.3 Å². The highest BCUT2D eigenvalue weighted by molar-refractivity contribution is 7.84. The lowest BCUT2D eigenvalue weighted by Crippen LogP contribution is -2.52. The first kappa shape index (κ1) is 36.9. The average Bonchev–Trinajstić information content (AvgIpc) is 3.25. The smallest absolute Gasteiger partial charge is 0.263 e. The van der Waals surface area contributed by atoms with Crippen LogP contribution in [-0.2, 0) is 32.3 Å². The Morgan fingerprint density at radius 3 is 2.76 bits per heavy atom. The Balaban J connectivity index is 1.34. The standard InChI is InChI=1S/C40H52ClN3O5S/c1-5-6-17-40(47-4,18-8-19-43-20-22-48-23-21-43)35-13-10-32(35)26-44-27-39(16-7-9-30-24-33(41)12-14-34(30)39)28-49-37-15-11-31(25-36(37)44)38(45)42-50(46)29(2)3/h6,11-12,14-15,17,24-25,29,32,35H,5,7,9-10,13,16,19-23,26-28H2,1-4H3,(H,42,45)/b17-6+/t32?,35?,39-,40-,50?/m0/s1. The van der Waals surface area contributed by atoms with E-state index in [1.165, 1.54) is 11.1 Å². The number of aryl methyl sites for hydroxylation is 1. The molecule has 8 nitrogen and oxygen atoms in total. The zero-order valence-electron chi connectivity index (χ0n) is 30.0. The number of allylic oxidation sites excluding steroid dienone is 1. The molecule has 2 aromatic rings. The van der Waals surface area contributed by atoms with E-state index in [0.29, 0.717) is 24.6 Å². The van der Waals surface area contributed by atoms with E-state index in [4.69, 9.17) is 25.8 Å². The largest absolute Gasteiger partial charge is 0.490 e. The Morgan fingerprint density at radius 2 is 2.04 bits per heavy atom. The van der Waals surface area contributed by atoms with E-state index in [9.17, 15) is 9.00 Å². The van der Waals surface area contributed by atoms with Gasteiger partial charge in [0.1, 0.15) is 22.3 Å². The van der Waals surface area contributed by atoms with Crippen molar-refractivity contribution in [2.75, 3.05) is 64.6 Å². The SMILES string of the molecule is CC/C=C/[C@@](C#CCN1CCOCC1)(OC)C1CCC1CN1C[C@@]2(CCCc3cc(Cl)ccc32)COc2ccc(C(=O)NS(=O)C(C)C)cc21. The molecule has 5 atom stereocenters. The number of carbonyl (C=O) groups is 1. The van der Waals surface area contributed by atoms with Gasteiger partial charge in [-0.15, -0.1) is 0 Å².